The highest BCUT2D eigenvalue weighted by molar-refractivity contribution is 5.43. The Hall–Kier alpha value is -1.35. The summed E-state index contributed by atoms with van der Waals surface area (Å²) >= 11 is 0. The molecule has 3 nitrogen and oxygen atoms in total. The van der Waals surface area contributed by atoms with Crippen LogP contribution in [0.2, 0.25) is 0 Å². The molecule has 0 saturated carbocycles. The fourth-order valence-corrected chi connectivity index (χ4v) is 2.39. The number of hydrogen-bond acceptors (Lipinski definition) is 2. The number of nitrogens with zero attached hydrogens (tertiary/aromatic N) is 2. The molecule has 0 aliphatic rings. The highest BCUT2D eigenvalue weighted by atomic mass is 15.0. The van der Waals surface area contributed by atoms with Crippen LogP contribution >= 0.6 is 0 Å². The molecule has 0 radical (unpaired) electrons. The van der Waals surface area contributed by atoms with E-state index in [9.17, 15) is 0 Å². The van der Waals surface area contributed by atoms with Crippen molar-refractivity contribution in [1.82, 2.24) is 9.38 Å². The van der Waals surface area contributed by atoms with E-state index in [2.05, 4.69) is 48.5 Å². The molecule has 0 bridgehead atoms. The quantitative estimate of drug-likeness (QED) is 0.878. The molecule has 2 N–H and O–H groups in total. The summed E-state index contributed by atoms with van der Waals surface area (Å²) < 4.78 is 2.11. The van der Waals surface area contributed by atoms with Gasteiger partial charge in [0, 0.05) is 12.2 Å². The monoisotopic (exact) mass is 231 g/mol. The van der Waals surface area contributed by atoms with Crippen molar-refractivity contribution >= 4 is 5.65 Å². The standard InChI is InChI=1S/C14H21N3/c1-4-11(5-2)14(15)12-9-16-13-8-10(3)6-7-17(12)13/h6-9,11,14H,4-5,15H2,1-3H3. The van der Waals surface area contributed by atoms with E-state index in [1.165, 1.54) is 5.56 Å². The van der Waals surface area contributed by atoms with Gasteiger partial charge in [0.1, 0.15) is 5.65 Å². The summed E-state index contributed by atoms with van der Waals surface area (Å²) in [6.07, 6.45) is 6.19. The number of aryl methyl sites for hydroxylation is 1. The predicted octanol–water partition coefficient (Wildman–Crippen LogP) is 3.08. The van der Waals surface area contributed by atoms with Crippen molar-refractivity contribution in [2.75, 3.05) is 0 Å². The molecule has 0 aliphatic heterocycles. The Balaban J connectivity index is 2.42. The topological polar surface area (TPSA) is 43.3 Å². The number of aromatic nitrogens is 2. The van der Waals surface area contributed by atoms with E-state index in [4.69, 9.17) is 5.73 Å². The summed E-state index contributed by atoms with van der Waals surface area (Å²) in [5.74, 6) is 0.524. The summed E-state index contributed by atoms with van der Waals surface area (Å²) in [7, 11) is 0. The second-order valence-corrected chi connectivity index (χ2v) is 4.72. The van der Waals surface area contributed by atoms with Gasteiger partial charge in [0.25, 0.3) is 0 Å². The maximum Gasteiger partial charge on any atom is 0.137 e. The average Bonchev–Trinajstić information content (AvgIpc) is 2.73. The van der Waals surface area contributed by atoms with Crippen LogP contribution in [0.4, 0.5) is 0 Å². The van der Waals surface area contributed by atoms with Gasteiger partial charge in [0.05, 0.1) is 11.9 Å². The number of nitrogens with two attached hydrogens (primary N) is 1. The molecule has 0 aromatic carbocycles. The van der Waals surface area contributed by atoms with Crippen LogP contribution < -0.4 is 5.73 Å². The first-order chi connectivity index (χ1) is 8.17. The smallest absolute Gasteiger partial charge is 0.137 e. The van der Waals surface area contributed by atoms with Gasteiger partial charge in [-0.25, -0.2) is 4.98 Å². The first-order valence-electron chi connectivity index (χ1n) is 6.36. The molecule has 2 aromatic heterocycles. The molecule has 0 aliphatic carbocycles. The lowest BCUT2D eigenvalue weighted by atomic mass is 9.93. The number of fused-ring (bicyclic) bond motifs is 1. The minimum Gasteiger partial charge on any atom is -0.322 e. The first-order valence-corrected chi connectivity index (χ1v) is 6.36. The summed E-state index contributed by atoms with van der Waals surface area (Å²) in [5, 5.41) is 0. The molecule has 0 fully saturated rings. The van der Waals surface area contributed by atoms with Gasteiger partial charge in [0.2, 0.25) is 0 Å². The third-order valence-corrected chi connectivity index (χ3v) is 3.60. The Kier molecular flexibility index (Phi) is 3.48. The van der Waals surface area contributed by atoms with Crippen molar-refractivity contribution < 1.29 is 0 Å². The van der Waals surface area contributed by atoms with E-state index in [0.717, 1.165) is 24.2 Å². The van der Waals surface area contributed by atoms with Gasteiger partial charge in [-0.2, -0.15) is 0 Å². The van der Waals surface area contributed by atoms with E-state index >= 15 is 0 Å². The lowest BCUT2D eigenvalue weighted by Gasteiger charge is -2.20. The van der Waals surface area contributed by atoms with E-state index in [-0.39, 0.29) is 6.04 Å². The van der Waals surface area contributed by atoms with Crippen molar-refractivity contribution in [3.8, 4) is 0 Å². The summed E-state index contributed by atoms with van der Waals surface area (Å²) in [5.41, 5.74) is 9.68. The molecule has 2 aromatic rings. The van der Waals surface area contributed by atoms with Gasteiger partial charge in [-0.3, -0.25) is 0 Å². The molecule has 0 spiro atoms. The van der Waals surface area contributed by atoms with Crippen LogP contribution in [-0.2, 0) is 0 Å². The van der Waals surface area contributed by atoms with Crippen LogP contribution in [0.3, 0.4) is 0 Å². The van der Waals surface area contributed by atoms with Crippen LogP contribution in [0.5, 0.6) is 0 Å². The Morgan fingerprint density at radius 1 is 1.35 bits per heavy atom. The van der Waals surface area contributed by atoms with Crippen molar-refractivity contribution in [3.63, 3.8) is 0 Å². The fourth-order valence-electron chi connectivity index (χ4n) is 2.39. The van der Waals surface area contributed by atoms with Gasteiger partial charge in [-0.15, -0.1) is 0 Å². The van der Waals surface area contributed by atoms with Crippen LogP contribution in [0.25, 0.3) is 5.65 Å². The molecule has 1 atom stereocenters. The maximum atomic E-state index is 6.35. The zero-order valence-corrected chi connectivity index (χ0v) is 10.9. The van der Waals surface area contributed by atoms with Gasteiger partial charge < -0.3 is 10.1 Å². The molecule has 1 unspecified atom stereocenters. The van der Waals surface area contributed by atoms with Crippen LogP contribution in [-0.4, -0.2) is 9.38 Å². The van der Waals surface area contributed by atoms with Crippen LogP contribution in [0, 0.1) is 12.8 Å². The van der Waals surface area contributed by atoms with E-state index in [1.54, 1.807) is 0 Å². The largest absolute Gasteiger partial charge is 0.322 e. The molecule has 17 heavy (non-hydrogen) atoms. The molecular weight excluding hydrogens is 210 g/mol. The van der Waals surface area contributed by atoms with E-state index in [0.29, 0.717) is 5.92 Å². The fraction of sp³-hybridized carbons (Fsp3) is 0.500. The van der Waals surface area contributed by atoms with E-state index in [1.807, 2.05) is 6.20 Å². The zero-order valence-electron chi connectivity index (χ0n) is 10.9. The second-order valence-electron chi connectivity index (χ2n) is 4.72. The van der Waals surface area contributed by atoms with Crippen molar-refractivity contribution in [2.24, 2.45) is 11.7 Å². The Bertz CT molecular complexity index is 497. The Labute approximate surface area is 103 Å². The van der Waals surface area contributed by atoms with Crippen molar-refractivity contribution in [1.29, 1.82) is 0 Å². The lowest BCUT2D eigenvalue weighted by Crippen LogP contribution is -2.21. The van der Waals surface area contributed by atoms with Crippen molar-refractivity contribution in [3.05, 3.63) is 35.8 Å². The Morgan fingerprint density at radius 2 is 2.06 bits per heavy atom. The van der Waals surface area contributed by atoms with Gasteiger partial charge in [0.15, 0.2) is 0 Å². The highest BCUT2D eigenvalue weighted by Gasteiger charge is 2.19. The van der Waals surface area contributed by atoms with Gasteiger partial charge >= 0.3 is 0 Å². The van der Waals surface area contributed by atoms with Gasteiger partial charge in [-0.1, -0.05) is 26.7 Å². The minimum absolute atomic E-state index is 0.0720. The molecular formula is C14H21N3. The lowest BCUT2D eigenvalue weighted by molar-refractivity contribution is 0.397. The first kappa shape index (κ1) is 12.1. The van der Waals surface area contributed by atoms with Crippen LogP contribution in [0.1, 0.15) is 44.0 Å². The average molecular weight is 231 g/mol. The molecule has 0 saturated heterocycles. The van der Waals surface area contributed by atoms with Crippen LogP contribution in [0.15, 0.2) is 24.5 Å². The molecule has 92 valence electrons. The third-order valence-electron chi connectivity index (χ3n) is 3.60. The van der Waals surface area contributed by atoms with E-state index < -0.39 is 0 Å². The number of rotatable bonds is 4. The SMILES string of the molecule is CCC(CC)C(N)c1cnc2cc(C)ccn12. The second kappa shape index (κ2) is 4.88. The van der Waals surface area contributed by atoms with Crippen molar-refractivity contribution in [2.45, 2.75) is 39.7 Å². The highest BCUT2D eigenvalue weighted by Crippen LogP contribution is 2.25. The summed E-state index contributed by atoms with van der Waals surface area (Å²) in [6.45, 7) is 6.47. The number of imidazole rings is 1. The normalized spacial score (nSPS) is 13.5. The van der Waals surface area contributed by atoms with Gasteiger partial charge in [-0.05, 0) is 30.5 Å². The maximum absolute atomic E-state index is 6.35. The molecule has 2 heterocycles. The predicted molar refractivity (Wildman–Crippen MR) is 70.9 cm³/mol. The molecule has 2 rings (SSSR count). The number of hydrogen-bond donors (Lipinski definition) is 1. The Morgan fingerprint density at radius 3 is 2.71 bits per heavy atom. The summed E-state index contributed by atoms with van der Waals surface area (Å²) in [6, 6.07) is 4.25. The zero-order chi connectivity index (χ0) is 12.4. The molecule has 0 amide bonds. The third kappa shape index (κ3) is 2.20. The minimum atomic E-state index is 0.0720. The molecule has 3 heteroatoms. The summed E-state index contributed by atoms with van der Waals surface area (Å²) in [4.78, 5) is 4.43. The number of pyridine rings is 1.